The van der Waals surface area contributed by atoms with Crippen molar-refractivity contribution in [2.24, 2.45) is 0 Å². The molecule has 0 radical (unpaired) electrons. The number of halogens is 1. The van der Waals surface area contributed by atoms with Gasteiger partial charge in [0.05, 0.1) is 5.69 Å². The van der Waals surface area contributed by atoms with Crippen LogP contribution in [0.3, 0.4) is 0 Å². The number of hydrogen-bond donors (Lipinski definition) is 1. The van der Waals surface area contributed by atoms with E-state index >= 15 is 0 Å². The highest BCUT2D eigenvalue weighted by atomic mass is 19.1. The smallest absolute Gasteiger partial charge is 0.328 e. The third-order valence-electron chi connectivity index (χ3n) is 3.56. The molecule has 0 unspecified atom stereocenters. The lowest BCUT2D eigenvalue weighted by atomic mass is 10.0. The van der Waals surface area contributed by atoms with Gasteiger partial charge in [-0.05, 0) is 49.8 Å². The van der Waals surface area contributed by atoms with E-state index in [1.165, 1.54) is 18.2 Å². The Morgan fingerprint density at radius 1 is 1.22 bits per heavy atom. The summed E-state index contributed by atoms with van der Waals surface area (Å²) < 4.78 is 13.1. The maximum Gasteiger partial charge on any atom is 0.328 e. The standard InChI is InChI=1S/C18H19FN2O2/c1-12(2)21(3)18-16(13-4-6-14(19)7-5-13)10-8-15(20-18)9-11-17(22)23/h4-12H,1-3H3,(H,22,23)/b11-9+. The number of carboxylic acids is 1. The molecule has 23 heavy (non-hydrogen) atoms. The first-order valence-electron chi connectivity index (χ1n) is 7.29. The van der Waals surface area contributed by atoms with Crippen LogP contribution in [-0.2, 0) is 4.79 Å². The molecule has 2 aromatic rings. The van der Waals surface area contributed by atoms with Crippen LogP contribution in [-0.4, -0.2) is 29.1 Å². The zero-order chi connectivity index (χ0) is 17.0. The zero-order valence-electron chi connectivity index (χ0n) is 13.3. The van der Waals surface area contributed by atoms with Crippen LogP contribution in [0, 0.1) is 5.82 Å². The Morgan fingerprint density at radius 2 is 1.87 bits per heavy atom. The lowest BCUT2D eigenvalue weighted by molar-refractivity contribution is -0.131. The van der Waals surface area contributed by atoms with Gasteiger partial charge in [0.15, 0.2) is 0 Å². The predicted octanol–water partition coefficient (Wildman–Crippen LogP) is 3.83. The Morgan fingerprint density at radius 3 is 2.43 bits per heavy atom. The molecule has 0 saturated carbocycles. The summed E-state index contributed by atoms with van der Waals surface area (Å²) in [6, 6.07) is 10.1. The molecule has 0 bridgehead atoms. The van der Waals surface area contributed by atoms with Crippen LogP contribution in [0.2, 0.25) is 0 Å². The number of anilines is 1. The molecule has 0 amide bonds. The van der Waals surface area contributed by atoms with Crippen molar-refractivity contribution < 1.29 is 14.3 Å². The maximum atomic E-state index is 13.1. The lowest BCUT2D eigenvalue weighted by Crippen LogP contribution is -2.27. The summed E-state index contributed by atoms with van der Waals surface area (Å²) in [5.74, 6) is -0.589. The molecule has 5 heteroatoms. The van der Waals surface area contributed by atoms with Gasteiger partial charge >= 0.3 is 5.97 Å². The molecule has 120 valence electrons. The highest BCUT2D eigenvalue weighted by Crippen LogP contribution is 2.30. The number of carboxylic acid groups (broad SMARTS) is 1. The molecule has 2 rings (SSSR count). The lowest BCUT2D eigenvalue weighted by Gasteiger charge is -2.25. The van der Waals surface area contributed by atoms with E-state index in [0.29, 0.717) is 5.69 Å². The van der Waals surface area contributed by atoms with Gasteiger partial charge in [-0.15, -0.1) is 0 Å². The first-order chi connectivity index (χ1) is 10.9. The summed E-state index contributed by atoms with van der Waals surface area (Å²) in [5.41, 5.74) is 2.28. The summed E-state index contributed by atoms with van der Waals surface area (Å²) in [6.45, 7) is 4.08. The second kappa shape index (κ2) is 7.05. The summed E-state index contributed by atoms with van der Waals surface area (Å²) >= 11 is 0. The fraction of sp³-hybridized carbons (Fsp3) is 0.222. The van der Waals surface area contributed by atoms with Crippen molar-refractivity contribution in [2.75, 3.05) is 11.9 Å². The number of aliphatic carboxylic acids is 1. The van der Waals surface area contributed by atoms with Crippen LogP contribution in [0.5, 0.6) is 0 Å². The van der Waals surface area contributed by atoms with Crippen LogP contribution < -0.4 is 4.90 Å². The van der Waals surface area contributed by atoms with Gasteiger partial charge in [-0.3, -0.25) is 0 Å². The van der Waals surface area contributed by atoms with E-state index in [9.17, 15) is 9.18 Å². The topological polar surface area (TPSA) is 53.4 Å². The summed E-state index contributed by atoms with van der Waals surface area (Å²) in [6.07, 6.45) is 2.51. The number of nitrogens with zero attached hydrogens (tertiary/aromatic N) is 2. The van der Waals surface area contributed by atoms with Crippen molar-refractivity contribution in [3.8, 4) is 11.1 Å². The Kier molecular flexibility index (Phi) is 5.11. The molecular weight excluding hydrogens is 295 g/mol. The van der Waals surface area contributed by atoms with E-state index in [2.05, 4.69) is 4.98 Å². The number of rotatable bonds is 5. The average molecular weight is 314 g/mol. The van der Waals surface area contributed by atoms with Crippen molar-refractivity contribution in [3.63, 3.8) is 0 Å². The fourth-order valence-electron chi connectivity index (χ4n) is 2.08. The van der Waals surface area contributed by atoms with E-state index in [0.717, 1.165) is 23.0 Å². The van der Waals surface area contributed by atoms with Gasteiger partial charge in [0.2, 0.25) is 0 Å². The van der Waals surface area contributed by atoms with Crippen molar-refractivity contribution >= 4 is 17.9 Å². The average Bonchev–Trinajstić information content (AvgIpc) is 2.52. The molecule has 0 aliphatic rings. The Bertz CT molecular complexity index is 724. The SMILES string of the molecule is CC(C)N(C)c1nc(/C=C/C(=O)O)ccc1-c1ccc(F)cc1. The van der Waals surface area contributed by atoms with Crippen molar-refractivity contribution in [2.45, 2.75) is 19.9 Å². The third kappa shape index (κ3) is 4.16. The Hall–Kier alpha value is -2.69. The van der Waals surface area contributed by atoms with Crippen LogP contribution in [0.4, 0.5) is 10.2 Å². The minimum absolute atomic E-state index is 0.209. The van der Waals surface area contributed by atoms with Crippen LogP contribution in [0.15, 0.2) is 42.5 Å². The van der Waals surface area contributed by atoms with Gasteiger partial charge in [-0.1, -0.05) is 12.1 Å². The molecule has 1 N–H and O–H groups in total. The molecular formula is C18H19FN2O2. The maximum absolute atomic E-state index is 13.1. The first-order valence-corrected chi connectivity index (χ1v) is 7.29. The minimum Gasteiger partial charge on any atom is -0.478 e. The number of carbonyl (C=O) groups is 1. The predicted molar refractivity (Wildman–Crippen MR) is 89.8 cm³/mol. The summed E-state index contributed by atoms with van der Waals surface area (Å²) in [4.78, 5) is 17.2. The zero-order valence-corrected chi connectivity index (χ0v) is 13.3. The normalized spacial score (nSPS) is 11.2. The largest absolute Gasteiger partial charge is 0.478 e. The summed E-state index contributed by atoms with van der Waals surface area (Å²) in [7, 11) is 1.92. The monoisotopic (exact) mass is 314 g/mol. The fourth-order valence-corrected chi connectivity index (χ4v) is 2.08. The van der Waals surface area contributed by atoms with Crippen molar-refractivity contribution in [3.05, 3.63) is 54.0 Å². The number of benzene rings is 1. The van der Waals surface area contributed by atoms with Gasteiger partial charge in [0.25, 0.3) is 0 Å². The Balaban J connectivity index is 2.52. The minimum atomic E-state index is -1.02. The second-order valence-electron chi connectivity index (χ2n) is 5.49. The van der Waals surface area contributed by atoms with Gasteiger partial charge in [0.1, 0.15) is 11.6 Å². The van der Waals surface area contributed by atoms with Gasteiger partial charge in [-0.25, -0.2) is 14.2 Å². The molecule has 0 atom stereocenters. The summed E-state index contributed by atoms with van der Waals surface area (Å²) in [5, 5.41) is 8.74. The molecule has 0 aliphatic carbocycles. The van der Waals surface area contributed by atoms with Crippen LogP contribution in [0.25, 0.3) is 17.2 Å². The van der Waals surface area contributed by atoms with Crippen molar-refractivity contribution in [1.29, 1.82) is 0 Å². The first kappa shape index (κ1) is 16.7. The molecule has 1 heterocycles. The number of aromatic nitrogens is 1. The third-order valence-corrected chi connectivity index (χ3v) is 3.56. The van der Waals surface area contributed by atoms with E-state index in [-0.39, 0.29) is 11.9 Å². The van der Waals surface area contributed by atoms with E-state index in [1.54, 1.807) is 18.2 Å². The van der Waals surface area contributed by atoms with Gasteiger partial charge in [0, 0.05) is 24.7 Å². The molecule has 0 spiro atoms. The number of hydrogen-bond acceptors (Lipinski definition) is 3. The molecule has 4 nitrogen and oxygen atoms in total. The number of pyridine rings is 1. The van der Waals surface area contributed by atoms with E-state index in [1.807, 2.05) is 31.9 Å². The highest BCUT2D eigenvalue weighted by Gasteiger charge is 2.14. The van der Waals surface area contributed by atoms with Gasteiger partial charge < -0.3 is 10.0 Å². The Labute approximate surface area is 134 Å². The van der Waals surface area contributed by atoms with E-state index < -0.39 is 5.97 Å². The second-order valence-corrected chi connectivity index (χ2v) is 5.49. The highest BCUT2D eigenvalue weighted by molar-refractivity contribution is 5.85. The molecule has 1 aromatic heterocycles. The molecule has 0 fully saturated rings. The molecule has 0 aliphatic heterocycles. The van der Waals surface area contributed by atoms with E-state index in [4.69, 9.17) is 5.11 Å². The van der Waals surface area contributed by atoms with Crippen molar-refractivity contribution in [1.82, 2.24) is 4.98 Å². The van der Waals surface area contributed by atoms with Gasteiger partial charge in [-0.2, -0.15) is 0 Å². The van der Waals surface area contributed by atoms with Crippen LogP contribution >= 0.6 is 0 Å². The molecule has 0 saturated heterocycles. The van der Waals surface area contributed by atoms with Crippen LogP contribution in [0.1, 0.15) is 19.5 Å². The molecule has 1 aromatic carbocycles. The quantitative estimate of drug-likeness (QED) is 0.852.